The number of rotatable bonds is 73. The van der Waals surface area contributed by atoms with Crippen molar-refractivity contribution < 1.29 is 49.3 Å². The molecular formula is C86H155NO10. The van der Waals surface area contributed by atoms with E-state index in [4.69, 9.17) is 14.2 Å². The Morgan fingerprint density at radius 2 is 0.701 bits per heavy atom. The number of carbonyl (C=O) groups is 2. The van der Waals surface area contributed by atoms with Crippen LogP contribution in [0.3, 0.4) is 0 Å². The number of hydrogen-bond donors (Lipinski definition) is 6. The summed E-state index contributed by atoms with van der Waals surface area (Å²) in [5.74, 6) is -0.187. The first-order valence-electron chi connectivity index (χ1n) is 41.4. The second kappa shape index (κ2) is 74.0. The third-order valence-corrected chi connectivity index (χ3v) is 19.2. The summed E-state index contributed by atoms with van der Waals surface area (Å²) in [5.41, 5.74) is 0. The molecule has 0 bridgehead atoms. The highest BCUT2D eigenvalue weighted by Gasteiger charge is 2.44. The summed E-state index contributed by atoms with van der Waals surface area (Å²) >= 11 is 0. The first kappa shape index (κ1) is 91.9. The fourth-order valence-corrected chi connectivity index (χ4v) is 12.7. The summed E-state index contributed by atoms with van der Waals surface area (Å²) in [4.78, 5) is 25.2. The Morgan fingerprint density at radius 3 is 1.08 bits per heavy atom. The van der Waals surface area contributed by atoms with E-state index in [0.717, 1.165) is 83.5 Å². The van der Waals surface area contributed by atoms with Crippen LogP contribution in [-0.2, 0) is 23.8 Å². The van der Waals surface area contributed by atoms with Crippen LogP contribution in [0.4, 0.5) is 0 Å². The number of hydrogen-bond acceptors (Lipinski definition) is 10. The maximum absolute atomic E-state index is 13.1. The molecule has 1 aliphatic rings. The van der Waals surface area contributed by atoms with Gasteiger partial charge in [0.2, 0.25) is 5.91 Å². The van der Waals surface area contributed by atoms with Crippen LogP contribution in [0.1, 0.15) is 386 Å². The molecule has 7 unspecified atom stereocenters. The topological polar surface area (TPSA) is 175 Å². The highest BCUT2D eigenvalue weighted by molar-refractivity contribution is 5.76. The summed E-state index contributed by atoms with van der Waals surface area (Å²) in [6, 6.07) is -0.834. The molecule has 0 saturated carbocycles. The van der Waals surface area contributed by atoms with Crippen molar-refractivity contribution in [1.82, 2.24) is 5.32 Å². The minimum Gasteiger partial charge on any atom is -0.466 e. The lowest BCUT2D eigenvalue weighted by molar-refractivity contribution is -0.302. The van der Waals surface area contributed by atoms with Crippen LogP contribution in [0, 0.1) is 0 Å². The average molecular weight is 1360 g/mol. The molecule has 1 saturated heterocycles. The lowest BCUT2D eigenvalue weighted by Crippen LogP contribution is -2.60. The van der Waals surface area contributed by atoms with Gasteiger partial charge in [-0.3, -0.25) is 9.59 Å². The molecular weight excluding hydrogens is 1210 g/mol. The molecule has 0 aromatic heterocycles. The minimum absolute atomic E-state index is 0.00643. The van der Waals surface area contributed by atoms with E-state index < -0.39 is 49.5 Å². The maximum Gasteiger partial charge on any atom is 0.305 e. The molecule has 564 valence electrons. The number of aliphatic hydroxyl groups is 5. The van der Waals surface area contributed by atoms with E-state index in [1.807, 2.05) is 6.08 Å². The second-order valence-corrected chi connectivity index (χ2v) is 28.4. The number of aliphatic hydroxyl groups excluding tert-OH is 5. The van der Waals surface area contributed by atoms with Crippen LogP contribution < -0.4 is 5.32 Å². The van der Waals surface area contributed by atoms with Crippen LogP contribution in [0.2, 0.25) is 0 Å². The Balaban J connectivity index is 1.90. The van der Waals surface area contributed by atoms with Gasteiger partial charge in [0.05, 0.1) is 32.0 Å². The molecule has 0 radical (unpaired) electrons. The first-order valence-corrected chi connectivity index (χ1v) is 41.4. The molecule has 97 heavy (non-hydrogen) atoms. The molecule has 1 aliphatic heterocycles. The molecule has 11 nitrogen and oxygen atoms in total. The van der Waals surface area contributed by atoms with Gasteiger partial charge in [-0.1, -0.05) is 336 Å². The smallest absolute Gasteiger partial charge is 0.305 e. The molecule has 1 amide bonds. The predicted octanol–water partition coefficient (Wildman–Crippen LogP) is 22.8. The summed E-state index contributed by atoms with van der Waals surface area (Å²) < 4.78 is 16.8. The largest absolute Gasteiger partial charge is 0.466 e. The van der Waals surface area contributed by atoms with Crippen LogP contribution >= 0.6 is 0 Å². The summed E-state index contributed by atoms with van der Waals surface area (Å²) in [5, 5.41) is 54.5. The van der Waals surface area contributed by atoms with Crippen molar-refractivity contribution in [3.05, 3.63) is 85.1 Å². The van der Waals surface area contributed by atoms with Gasteiger partial charge in [-0.2, -0.15) is 0 Å². The lowest BCUT2D eigenvalue weighted by atomic mass is 9.99. The minimum atomic E-state index is -1.58. The quantitative estimate of drug-likeness (QED) is 0.0195. The number of nitrogens with one attached hydrogen (secondary N) is 1. The zero-order valence-electron chi connectivity index (χ0n) is 63.0. The molecule has 7 atom stereocenters. The Labute approximate surface area is 597 Å². The number of amides is 1. The monoisotopic (exact) mass is 1360 g/mol. The molecule has 1 heterocycles. The molecule has 6 N–H and O–H groups in total. The Kier molecular flexibility index (Phi) is 70.1. The van der Waals surface area contributed by atoms with Gasteiger partial charge in [0.15, 0.2) is 6.29 Å². The zero-order valence-corrected chi connectivity index (χ0v) is 63.0. The van der Waals surface area contributed by atoms with Crippen molar-refractivity contribution in [3.8, 4) is 0 Å². The summed E-state index contributed by atoms with van der Waals surface area (Å²) in [6.07, 6.45) is 93.4. The Bertz CT molecular complexity index is 1890. The molecule has 0 aromatic carbocycles. The number of esters is 1. The standard InChI is InChI=1S/C86H155NO10/c1-3-5-7-9-11-13-15-17-18-42-46-50-54-58-62-66-70-74-82(91)95-75-71-67-63-59-55-51-47-44-41-39-37-35-33-31-29-27-25-23-21-19-20-22-24-26-28-30-32-34-36-38-40-43-45-49-53-57-61-65-69-73-81(90)87-78(77-96-86-85(94)84(93)83(92)80(76-88)97-86)79(89)72-68-64-60-56-52-48-16-14-12-10-8-6-4-2/h11-14,17-20,23,25,52,56,68,72,78-80,83-86,88-89,92-94H,3-10,15-16,21-22,24,26-51,53-55,57-67,69-71,73-77H2,1-2H3,(H,87,90)/b13-11-,14-12+,18-17-,20-19-,25-23-,56-52+,72-68+. The van der Waals surface area contributed by atoms with Gasteiger partial charge >= 0.3 is 5.97 Å². The van der Waals surface area contributed by atoms with Gasteiger partial charge in [-0.25, -0.2) is 0 Å². The maximum atomic E-state index is 13.1. The number of unbranched alkanes of at least 4 members (excludes halogenated alkanes) is 47. The highest BCUT2D eigenvalue weighted by Crippen LogP contribution is 2.24. The van der Waals surface area contributed by atoms with Crippen molar-refractivity contribution in [1.29, 1.82) is 0 Å². The Morgan fingerprint density at radius 1 is 0.381 bits per heavy atom. The fourth-order valence-electron chi connectivity index (χ4n) is 12.7. The van der Waals surface area contributed by atoms with Gasteiger partial charge in [-0.05, 0) is 122 Å². The van der Waals surface area contributed by atoms with E-state index in [1.54, 1.807) is 6.08 Å². The van der Waals surface area contributed by atoms with E-state index in [-0.39, 0.29) is 18.5 Å². The molecule has 0 aromatic rings. The summed E-state index contributed by atoms with van der Waals surface area (Å²) in [6.45, 7) is 4.30. The molecule has 0 aliphatic carbocycles. The van der Waals surface area contributed by atoms with E-state index in [2.05, 4.69) is 92.1 Å². The molecule has 0 spiro atoms. The van der Waals surface area contributed by atoms with Gasteiger partial charge in [0, 0.05) is 12.8 Å². The van der Waals surface area contributed by atoms with Gasteiger partial charge in [0.25, 0.3) is 0 Å². The van der Waals surface area contributed by atoms with Crippen molar-refractivity contribution in [2.24, 2.45) is 0 Å². The van der Waals surface area contributed by atoms with Gasteiger partial charge in [-0.15, -0.1) is 0 Å². The first-order chi connectivity index (χ1) is 47.7. The van der Waals surface area contributed by atoms with Crippen LogP contribution in [0.15, 0.2) is 85.1 Å². The molecule has 1 rings (SSSR count). The Hall–Kier alpha value is -3.16. The summed E-state index contributed by atoms with van der Waals surface area (Å²) in [7, 11) is 0. The number of carbonyl (C=O) groups excluding carboxylic acids is 2. The van der Waals surface area contributed by atoms with Crippen LogP contribution in [0.5, 0.6) is 0 Å². The zero-order chi connectivity index (χ0) is 70.1. The van der Waals surface area contributed by atoms with E-state index >= 15 is 0 Å². The third kappa shape index (κ3) is 62.4. The third-order valence-electron chi connectivity index (χ3n) is 19.2. The van der Waals surface area contributed by atoms with Gasteiger partial charge < -0.3 is 45.1 Å². The van der Waals surface area contributed by atoms with Crippen molar-refractivity contribution in [3.63, 3.8) is 0 Å². The van der Waals surface area contributed by atoms with Crippen molar-refractivity contribution >= 4 is 11.9 Å². The fraction of sp³-hybridized carbons (Fsp3) is 0.814. The van der Waals surface area contributed by atoms with E-state index in [9.17, 15) is 35.1 Å². The van der Waals surface area contributed by atoms with E-state index in [0.29, 0.717) is 19.4 Å². The van der Waals surface area contributed by atoms with Crippen LogP contribution in [0.25, 0.3) is 0 Å². The SMILES string of the molecule is CCCCC/C=C\C/C=C\CCCCCCCCCC(=O)OCCCCCCCCCCCCCCCCC/C=C\C/C=C\CCCCCCCCCCCCCCCCCCCC(=O)NC(COC1OC(CO)C(O)C(O)C1O)C(O)/C=C/CC/C=C/CC/C=C/CCCCC. The van der Waals surface area contributed by atoms with Gasteiger partial charge in [0.1, 0.15) is 24.4 Å². The lowest BCUT2D eigenvalue weighted by Gasteiger charge is -2.40. The molecule has 1 fully saturated rings. The number of allylic oxidation sites excluding steroid dienone is 13. The average Bonchev–Trinajstić information content (AvgIpc) is 0.877. The van der Waals surface area contributed by atoms with Crippen molar-refractivity contribution in [2.45, 2.75) is 429 Å². The highest BCUT2D eigenvalue weighted by atomic mass is 16.7. The molecule has 11 heteroatoms. The normalized spacial score (nSPS) is 17.7. The van der Waals surface area contributed by atoms with E-state index in [1.165, 1.54) is 276 Å². The second-order valence-electron chi connectivity index (χ2n) is 28.4. The van der Waals surface area contributed by atoms with Crippen LogP contribution in [-0.4, -0.2) is 100 Å². The number of ether oxygens (including phenoxy) is 3. The predicted molar refractivity (Wildman–Crippen MR) is 412 cm³/mol. The van der Waals surface area contributed by atoms with Crippen molar-refractivity contribution in [2.75, 3.05) is 19.8 Å².